The average molecular weight is 507 g/mol. The predicted molar refractivity (Wildman–Crippen MR) is 122 cm³/mol. The van der Waals surface area contributed by atoms with Gasteiger partial charge in [0.25, 0.3) is 0 Å². The lowest BCUT2D eigenvalue weighted by atomic mass is 9.95. The number of nitrogens with zero attached hydrogens (tertiary/aromatic N) is 6. The van der Waals surface area contributed by atoms with Crippen LogP contribution in [0, 0.1) is 0 Å². The molecule has 1 aliphatic heterocycles. The van der Waals surface area contributed by atoms with Gasteiger partial charge in [0.1, 0.15) is 5.82 Å². The number of aromatic amines is 1. The zero-order valence-corrected chi connectivity index (χ0v) is 19.3. The van der Waals surface area contributed by atoms with Gasteiger partial charge in [-0.2, -0.15) is 27.8 Å². The first-order valence-corrected chi connectivity index (χ1v) is 12.6. The Morgan fingerprint density at radius 1 is 1.14 bits per heavy atom. The number of nitrogen functional groups attached to an aromatic ring is 1. The maximum Gasteiger partial charge on any atom is 0.416 e. The molecule has 3 N–H and O–H groups in total. The van der Waals surface area contributed by atoms with E-state index in [0.29, 0.717) is 48.6 Å². The molecule has 5 rings (SSSR count). The summed E-state index contributed by atoms with van der Waals surface area (Å²) in [6, 6.07) is 4.90. The molecule has 0 bridgehead atoms. The molecule has 1 aromatic carbocycles. The molecule has 0 spiro atoms. The molecule has 0 unspecified atom stereocenters. The quantitative estimate of drug-likeness (QED) is 0.434. The number of hydrogen-bond donors (Lipinski definition) is 2. The van der Waals surface area contributed by atoms with E-state index in [-0.39, 0.29) is 23.1 Å². The smallest absolute Gasteiger partial charge is 0.366 e. The summed E-state index contributed by atoms with van der Waals surface area (Å²) < 4.78 is 67.1. The van der Waals surface area contributed by atoms with Gasteiger partial charge in [-0.15, -0.1) is 5.10 Å². The first-order valence-electron chi connectivity index (χ1n) is 10.7. The van der Waals surface area contributed by atoms with Crippen LogP contribution in [0.2, 0.25) is 0 Å². The Kier molecular flexibility index (Phi) is 5.51. The molecule has 0 saturated carbocycles. The first-order chi connectivity index (χ1) is 16.5. The van der Waals surface area contributed by atoms with E-state index in [4.69, 9.17) is 10.7 Å². The summed E-state index contributed by atoms with van der Waals surface area (Å²) in [5.41, 5.74) is 6.88. The summed E-state index contributed by atoms with van der Waals surface area (Å²) in [4.78, 5) is 9.16. The molecule has 4 aromatic rings. The zero-order chi connectivity index (χ0) is 25.0. The van der Waals surface area contributed by atoms with Gasteiger partial charge in [-0.25, -0.2) is 17.7 Å². The zero-order valence-electron chi connectivity index (χ0n) is 18.5. The number of benzene rings is 1. The second-order valence-corrected chi connectivity index (χ2v) is 10.4. The van der Waals surface area contributed by atoms with Crippen LogP contribution in [-0.2, 0) is 16.2 Å². The number of anilines is 1. The number of fused-ring (bicyclic) bond motifs is 1. The number of rotatable bonds is 4. The molecular weight excluding hydrogens is 485 g/mol. The molecular formula is C21H21F3N8O2S. The minimum absolute atomic E-state index is 0.0563. The number of H-pyrrole nitrogens is 1. The molecule has 1 fully saturated rings. The van der Waals surface area contributed by atoms with Crippen molar-refractivity contribution in [2.75, 3.05) is 25.1 Å². The Balaban J connectivity index is 1.71. The van der Waals surface area contributed by atoms with E-state index in [1.54, 1.807) is 12.3 Å². The van der Waals surface area contributed by atoms with Crippen LogP contribution in [0.15, 0.2) is 36.7 Å². The minimum atomic E-state index is -4.53. The molecule has 14 heteroatoms. The number of halogens is 3. The van der Waals surface area contributed by atoms with Crippen molar-refractivity contribution >= 4 is 21.6 Å². The van der Waals surface area contributed by atoms with Gasteiger partial charge >= 0.3 is 6.18 Å². The number of nitrogens with one attached hydrogen (secondary N) is 1. The Labute approximate surface area is 198 Å². The highest BCUT2D eigenvalue weighted by Crippen LogP contribution is 2.39. The fourth-order valence-electron chi connectivity index (χ4n) is 4.39. The summed E-state index contributed by atoms with van der Waals surface area (Å²) in [7, 11) is -3.32. The molecule has 35 heavy (non-hydrogen) atoms. The van der Waals surface area contributed by atoms with Gasteiger partial charge in [0.15, 0.2) is 5.65 Å². The molecule has 10 nitrogen and oxygen atoms in total. The number of piperidine rings is 1. The van der Waals surface area contributed by atoms with Crippen LogP contribution < -0.4 is 5.73 Å². The number of alkyl halides is 3. The first kappa shape index (κ1) is 23.2. The van der Waals surface area contributed by atoms with Crippen molar-refractivity contribution < 1.29 is 21.6 Å². The highest BCUT2D eigenvalue weighted by molar-refractivity contribution is 7.88. The van der Waals surface area contributed by atoms with Gasteiger partial charge in [0.05, 0.1) is 29.3 Å². The second kappa shape index (κ2) is 8.30. The van der Waals surface area contributed by atoms with Crippen molar-refractivity contribution in [3.05, 3.63) is 48.0 Å². The van der Waals surface area contributed by atoms with E-state index < -0.39 is 21.8 Å². The van der Waals surface area contributed by atoms with Crippen LogP contribution in [0.5, 0.6) is 0 Å². The summed E-state index contributed by atoms with van der Waals surface area (Å²) in [5, 5.41) is 11.0. The van der Waals surface area contributed by atoms with Crippen molar-refractivity contribution in [3.63, 3.8) is 0 Å². The van der Waals surface area contributed by atoms with Crippen molar-refractivity contribution in [3.8, 4) is 22.4 Å². The Morgan fingerprint density at radius 2 is 1.89 bits per heavy atom. The minimum Gasteiger partial charge on any atom is -0.366 e. The summed E-state index contributed by atoms with van der Waals surface area (Å²) in [6.45, 7) is 0.626. The normalized spacial score (nSPS) is 16.2. The molecule has 1 saturated heterocycles. The lowest BCUT2D eigenvalue weighted by Crippen LogP contribution is -2.37. The average Bonchev–Trinajstić information content (AvgIpc) is 3.46. The van der Waals surface area contributed by atoms with Crippen LogP contribution in [-0.4, -0.2) is 61.8 Å². The van der Waals surface area contributed by atoms with Gasteiger partial charge < -0.3 is 5.73 Å². The van der Waals surface area contributed by atoms with E-state index in [9.17, 15) is 21.6 Å². The SMILES string of the molecule is CS(=O)(=O)N1CCC(c2nc(-c3cn[nH]c3)c(-c3cccc(C(F)(F)F)c3)c3nc(N)nn23)CC1. The summed E-state index contributed by atoms with van der Waals surface area (Å²) in [5.74, 6) is 0.279. The molecule has 0 aliphatic carbocycles. The van der Waals surface area contributed by atoms with Crippen LogP contribution in [0.25, 0.3) is 28.0 Å². The van der Waals surface area contributed by atoms with Crippen LogP contribution in [0.3, 0.4) is 0 Å². The van der Waals surface area contributed by atoms with Crippen molar-refractivity contribution in [2.24, 2.45) is 0 Å². The van der Waals surface area contributed by atoms with Gasteiger partial charge in [0, 0.05) is 30.8 Å². The Morgan fingerprint density at radius 3 is 2.51 bits per heavy atom. The molecule has 184 valence electrons. The van der Waals surface area contributed by atoms with E-state index >= 15 is 0 Å². The Hall–Kier alpha value is -3.52. The molecule has 4 heterocycles. The topological polar surface area (TPSA) is 135 Å². The standard InChI is InChI=1S/C21H21F3N8O2S/c1-35(33,34)31-7-5-12(6-8-31)18-28-17(14-10-26-27-11-14)16(19-29-20(25)30-32(18)19)13-3-2-4-15(9-13)21(22,23)24/h2-4,9-12H,5-8H2,1H3,(H2,25,30)(H,26,27). The Bertz CT molecular complexity index is 1490. The van der Waals surface area contributed by atoms with Gasteiger partial charge in [-0.3, -0.25) is 5.10 Å². The lowest BCUT2D eigenvalue weighted by molar-refractivity contribution is -0.137. The third kappa shape index (κ3) is 4.34. The highest BCUT2D eigenvalue weighted by atomic mass is 32.2. The predicted octanol–water partition coefficient (Wildman–Crippen LogP) is 2.92. The number of sulfonamides is 1. The van der Waals surface area contributed by atoms with Crippen LogP contribution in [0.1, 0.15) is 30.1 Å². The fourth-order valence-corrected chi connectivity index (χ4v) is 5.26. The summed E-state index contributed by atoms with van der Waals surface area (Å²) in [6.07, 6.45) is 0.723. The number of aromatic nitrogens is 6. The van der Waals surface area contributed by atoms with Gasteiger partial charge in [-0.1, -0.05) is 12.1 Å². The van der Waals surface area contributed by atoms with Crippen molar-refractivity contribution in [1.82, 2.24) is 34.1 Å². The van der Waals surface area contributed by atoms with Gasteiger partial charge in [0.2, 0.25) is 16.0 Å². The van der Waals surface area contributed by atoms with E-state index in [1.165, 1.54) is 27.3 Å². The fraction of sp³-hybridized carbons (Fsp3) is 0.333. The van der Waals surface area contributed by atoms with Crippen LogP contribution >= 0.6 is 0 Å². The maximum absolute atomic E-state index is 13.5. The van der Waals surface area contributed by atoms with E-state index in [2.05, 4.69) is 20.3 Å². The van der Waals surface area contributed by atoms with E-state index in [0.717, 1.165) is 12.1 Å². The number of nitrogens with two attached hydrogens (primary N) is 1. The van der Waals surface area contributed by atoms with Crippen molar-refractivity contribution in [2.45, 2.75) is 24.9 Å². The van der Waals surface area contributed by atoms with Crippen molar-refractivity contribution in [1.29, 1.82) is 0 Å². The maximum atomic E-state index is 13.5. The monoisotopic (exact) mass is 506 g/mol. The largest absolute Gasteiger partial charge is 0.416 e. The second-order valence-electron chi connectivity index (χ2n) is 8.40. The lowest BCUT2D eigenvalue weighted by Gasteiger charge is -2.30. The molecule has 0 atom stereocenters. The van der Waals surface area contributed by atoms with Crippen LogP contribution in [0.4, 0.5) is 19.1 Å². The van der Waals surface area contributed by atoms with E-state index in [1.807, 2.05) is 0 Å². The highest BCUT2D eigenvalue weighted by Gasteiger charge is 2.33. The molecule has 1 aliphatic rings. The molecule has 0 radical (unpaired) electrons. The molecule has 3 aromatic heterocycles. The number of hydrogen-bond acceptors (Lipinski definition) is 7. The third-order valence-corrected chi connectivity index (χ3v) is 7.37. The third-order valence-electron chi connectivity index (χ3n) is 6.07. The summed E-state index contributed by atoms with van der Waals surface area (Å²) >= 11 is 0. The molecule has 0 amide bonds. The van der Waals surface area contributed by atoms with Gasteiger partial charge in [-0.05, 0) is 30.5 Å².